The van der Waals surface area contributed by atoms with Crippen LogP contribution >= 0.6 is 0 Å². The Morgan fingerprint density at radius 2 is 1.60 bits per heavy atom. The maximum Gasteiger partial charge on any atom is 0.173 e. The van der Waals surface area contributed by atoms with Gasteiger partial charge < -0.3 is 0 Å². The van der Waals surface area contributed by atoms with E-state index in [9.17, 15) is 9.59 Å². The minimum Gasteiger partial charge on any atom is -0.299 e. The summed E-state index contributed by atoms with van der Waals surface area (Å²) in [5.41, 5.74) is 3.46. The second kappa shape index (κ2) is 9.77. The molecule has 11 unspecified atom stereocenters. The number of Topliss-reactive ketones (excluding diaryl/α,β-unsaturated/α-hetero) is 3. The molecular weight excluding hydrogens is 492 g/mol. The lowest BCUT2D eigenvalue weighted by Crippen LogP contribution is -2.67. The summed E-state index contributed by atoms with van der Waals surface area (Å²) in [4.78, 5) is 42.0. The van der Waals surface area contributed by atoms with E-state index in [-0.39, 0.29) is 40.2 Å². The van der Waals surface area contributed by atoms with Crippen molar-refractivity contribution in [3.8, 4) is 0 Å². The van der Waals surface area contributed by atoms with Gasteiger partial charge in [0.2, 0.25) is 0 Å². The third-order valence-corrected chi connectivity index (χ3v) is 14.1. The lowest BCUT2D eigenvalue weighted by atomic mass is 9.35. The van der Waals surface area contributed by atoms with Crippen molar-refractivity contribution in [2.75, 3.05) is 0 Å². The van der Waals surface area contributed by atoms with Crippen LogP contribution in [-0.4, -0.2) is 17.3 Å². The van der Waals surface area contributed by atoms with Gasteiger partial charge >= 0.3 is 0 Å². The van der Waals surface area contributed by atoms with E-state index in [1.165, 1.54) is 32.6 Å². The van der Waals surface area contributed by atoms with Crippen molar-refractivity contribution in [3.05, 3.63) is 22.3 Å². The highest BCUT2D eigenvalue weighted by Crippen LogP contribution is 2.71. The van der Waals surface area contributed by atoms with Gasteiger partial charge in [0.05, 0.1) is 5.57 Å². The van der Waals surface area contributed by atoms with Gasteiger partial charge in [-0.05, 0) is 125 Å². The standard InChI is InChI=1S/C37H56O3/c1-19(2)27-15-28(26-13-12-20(3)21(4)14-26)23(6)31-29(27)17-35(9)18-36(10)16-22(5)30(25(8)38)34(40)37(36,11)24(7)32(35)33(31)39/h19,23-24,26-29,31-32H,12-18H2,1-11H3. The topological polar surface area (TPSA) is 51.2 Å². The zero-order chi connectivity index (χ0) is 29.7. The number of rotatable bonds is 3. The van der Waals surface area contributed by atoms with Crippen molar-refractivity contribution < 1.29 is 14.4 Å². The van der Waals surface area contributed by atoms with E-state index < -0.39 is 5.41 Å². The maximum atomic E-state index is 15.0. The van der Waals surface area contributed by atoms with Gasteiger partial charge in [-0.15, -0.1) is 0 Å². The fraction of sp³-hybridized carbons (Fsp3) is 0.811. The molecule has 3 heteroatoms. The molecule has 0 aromatic heterocycles. The molecule has 40 heavy (non-hydrogen) atoms. The first-order valence-corrected chi connectivity index (χ1v) is 16.4. The minimum atomic E-state index is -0.697. The van der Waals surface area contributed by atoms with E-state index >= 15 is 4.79 Å². The van der Waals surface area contributed by atoms with Gasteiger partial charge in [0, 0.05) is 17.3 Å². The summed E-state index contributed by atoms with van der Waals surface area (Å²) in [7, 11) is 0. The summed E-state index contributed by atoms with van der Waals surface area (Å²) in [5, 5.41) is 0. The minimum absolute atomic E-state index is 0.00480. The zero-order valence-corrected chi connectivity index (χ0v) is 27.4. The van der Waals surface area contributed by atoms with Crippen LogP contribution in [0.15, 0.2) is 22.3 Å². The normalized spacial score (nSPS) is 47.7. The molecule has 0 saturated heterocycles. The molecule has 0 spiro atoms. The quantitative estimate of drug-likeness (QED) is 0.261. The van der Waals surface area contributed by atoms with E-state index in [4.69, 9.17) is 0 Å². The van der Waals surface area contributed by atoms with Gasteiger partial charge in [0.15, 0.2) is 11.6 Å². The third kappa shape index (κ3) is 4.05. The Kier molecular flexibility index (Phi) is 7.32. The molecule has 0 aromatic carbocycles. The molecule has 0 aromatic rings. The smallest absolute Gasteiger partial charge is 0.173 e. The summed E-state index contributed by atoms with van der Waals surface area (Å²) < 4.78 is 0. The Hall–Kier alpha value is -1.51. The highest BCUT2D eigenvalue weighted by molar-refractivity contribution is 6.22. The van der Waals surface area contributed by atoms with Crippen LogP contribution in [0.25, 0.3) is 0 Å². The van der Waals surface area contributed by atoms with Crippen molar-refractivity contribution >= 4 is 17.3 Å². The molecule has 3 nitrogen and oxygen atoms in total. The molecule has 11 atom stereocenters. The van der Waals surface area contributed by atoms with Crippen molar-refractivity contribution in [3.63, 3.8) is 0 Å². The number of hydrogen-bond acceptors (Lipinski definition) is 3. The largest absolute Gasteiger partial charge is 0.299 e. The van der Waals surface area contributed by atoms with E-state index in [0.29, 0.717) is 46.9 Å². The first-order chi connectivity index (χ1) is 18.5. The fourth-order valence-corrected chi connectivity index (χ4v) is 11.9. The Bertz CT molecular complexity index is 1190. The van der Waals surface area contributed by atoms with Crippen molar-refractivity contribution in [1.82, 2.24) is 0 Å². The number of fused-ring (bicyclic) bond motifs is 3. The van der Waals surface area contributed by atoms with Gasteiger partial charge in [-0.25, -0.2) is 0 Å². The molecule has 5 aliphatic carbocycles. The predicted octanol–water partition coefficient (Wildman–Crippen LogP) is 8.81. The molecule has 0 aliphatic heterocycles. The van der Waals surface area contributed by atoms with Gasteiger partial charge in [-0.1, -0.05) is 65.2 Å². The fourth-order valence-electron chi connectivity index (χ4n) is 11.9. The predicted molar refractivity (Wildman–Crippen MR) is 163 cm³/mol. The van der Waals surface area contributed by atoms with Crippen molar-refractivity contribution in [2.45, 2.75) is 121 Å². The monoisotopic (exact) mass is 548 g/mol. The molecule has 0 N–H and O–H groups in total. The number of carbonyl (C=O) groups is 3. The van der Waals surface area contributed by atoms with Gasteiger partial charge in [0.1, 0.15) is 5.78 Å². The SMILES string of the molecule is CC(=O)C1=C(C)CC2(C)CC3(C)CC4C(C(C)C)CC(C5CCC(C)=C(C)C5)C(C)C4C(=O)C3C(C)C2(C)C1=O. The van der Waals surface area contributed by atoms with Crippen LogP contribution in [0.3, 0.4) is 0 Å². The van der Waals surface area contributed by atoms with Crippen LogP contribution < -0.4 is 0 Å². The lowest BCUT2D eigenvalue weighted by Gasteiger charge is -2.67. The second-order valence-electron chi connectivity index (χ2n) is 16.6. The van der Waals surface area contributed by atoms with E-state index in [2.05, 4.69) is 62.3 Å². The van der Waals surface area contributed by atoms with Crippen LogP contribution in [0, 0.1) is 69.5 Å². The summed E-state index contributed by atoms with van der Waals surface area (Å²) >= 11 is 0. The average Bonchev–Trinajstić information content (AvgIpc) is 2.82. The Morgan fingerprint density at radius 3 is 2.17 bits per heavy atom. The molecule has 0 radical (unpaired) electrons. The second-order valence-corrected chi connectivity index (χ2v) is 16.6. The third-order valence-electron chi connectivity index (χ3n) is 14.1. The lowest BCUT2D eigenvalue weighted by molar-refractivity contribution is -0.193. The number of carbonyl (C=O) groups excluding carboxylic acids is 3. The summed E-state index contributed by atoms with van der Waals surface area (Å²) in [5.74, 6) is 3.49. The zero-order valence-electron chi connectivity index (χ0n) is 27.4. The molecule has 0 bridgehead atoms. The first kappa shape index (κ1) is 30.0. The van der Waals surface area contributed by atoms with E-state index in [1.54, 1.807) is 11.1 Å². The summed E-state index contributed by atoms with van der Waals surface area (Å²) in [6.07, 6.45) is 7.69. The highest BCUT2D eigenvalue weighted by Gasteiger charge is 2.70. The van der Waals surface area contributed by atoms with Crippen LogP contribution in [0.4, 0.5) is 0 Å². The molecule has 5 rings (SSSR count). The number of hydrogen-bond donors (Lipinski definition) is 0. The maximum absolute atomic E-state index is 15.0. The molecular formula is C37H56O3. The van der Waals surface area contributed by atoms with Crippen LogP contribution in [0.1, 0.15) is 121 Å². The number of ketones is 3. The Labute approximate surface area is 244 Å². The van der Waals surface area contributed by atoms with Gasteiger partial charge in [-0.3, -0.25) is 14.4 Å². The first-order valence-electron chi connectivity index (χ1n) is 16.4. The molecule has 5 aliphatic rings. The molecule has 0 amide bonds. The average molecular weight is 549 g/mol. The van der Waals surface area contributed by atoms with Crippen molar-refractivity contribution in [2.24, 2.45) is 69.5 Å². The molecule has 3 fully saturated rings. The molecule has 0 heterocycles. The van der Waals surface area contributed by atoms with Crippen LogP contribution in [0.2, 0.25) is 0 Å². The van der Waals surface area contributed by atoms with E-state index in [0.717, 1.165) is 24.8 Å². The van der Waals surface area contributed by atoms with Crippen LogP contribution in [-0.2, 0) is 14.4 Å². The molecule has 222 valence electrons. The van der Waals surface area contributed by atoms with Gasteiger partial charge in [-0.2, -0.15) is 0 Å². The van der Waals surface area contributed by atoms with Gasteiger partial charge in [0.25, 0.3) is 0 Å². The van der Waals surface area contributed by atoms with Crippen LogP contribution in [0.5, 0.6) is 0 Å². The van der Waals surface area contributed by atoms with E-state index in [1.807, 2.05) is 6.92 Å². The number of allylic oxidation sites excluding steroid dienone is 4. The van der Waals surface area contributed by atoms with Crippen molar-refractivity contribution in [1.29, 1.82) is 0 Å². The molecule has 3 saturated carbocycles. The summed E-state index contributed by atoms with van der Waals surface area (Å²) in [6.45, 7) is 24.3. The summed E-state index contributed by atoms with van der Waals surface area (Å²) in [6, 6.07) is 0. The highest BCUT2D eigenvalue weighted by atomic mass is 16.2. The Balaban J connectivity index is 1.56. The Morgan fingerprint density at radius 1 is 0.950 bits per heavy atom.